The topological polar surface area (TPSA) is 56.8 Å². The number of fused-ring (bicyclic) bond motifs is 1. The number of nitrogens with one attached hydrogen (secondary N) is 2. The number of hydrogen-bond donors (Lipinski definition) is 2. The van der Waals surface area contributed by atoms with E-state index in [2.05, 4.69) is 32.3 Å². The van der Waals surface area contributed by atoms with Gasteiger partial charge in [0.25, 0.3) is 0 Å². The van der Waals surface area contributed by atoms with Crippen LogP contribution in [0.15, 0.2) is 30.5 Å². The van der Waals surface area contributed by atoms with Crippen molar-refractivity contribution in [1.82, 2.24) is 20.1 Å². The molecule has 3 aromatic rings. The summed E-state index contributed by atoms with van der Waals surface area (Å²) < 4.78 is 54.9. The third-order valence-corrected chi connectivity index (χ3v) is 5.31. The van der Waals surface area contributed by atoms with Crippen molar-refractivity contribution in [2.75, 3.05) is 25.0 Å². The molecule has 2 N–H and O–H groups in total. The monoisotopic (exact) mass is 407 g/mol. The van der Waals surface area contributed by atoms with Crippen molar-refractivity contribution < 1.29 is 17.6 Å². The lowest BCUT2D eigenvalue weighted by atomic mass is 10.0. The van der Waals surface area contributed by atoms with Gasteiger partial charge >= 0.3 is 6.18 Å². The van der Waals surface area contributed by atoms with Crippen LogP contribution in [0.4, 0.5) is 23.4 Å². The fraction of sp³-hybridized carbons (Fsp3) is 0.400. The predicted molar refractivity (Wildman–Crippen MR) is 103 cm³/mol. The molecule has 1 saturated heterocycles. The summed E-state index contributed by atoms with van der Waals surface area (Å²) >= 11 is 0. The van der Waals surface area contributed by atoms with Gasteiger partial charge in [-0.3, -0.25) is 0 Å². The van der Waals surface area contributed by atoms with Crippen molar-refractivity contribution in [2.45, 2.75) is 32.0 Å². The maximum Gasteiger partial charge on any atom is 0.418 e. The average Bonchev–Trinajstić information content (AvgIpc) is 3.08. The number of anilines is 1. The molecule has 0 spiro atoms. The van der Waals surface area contributed by atoms with E-state index in [4.69, 9.17) is 0 Å². The number of halogens is 4. The summed E-state index contributed by atoms with van der Waals surface area (Å²) in [6, 6.07) is 5.35. The lowest BCUT2D eigenvalue weighted by Gasteiger charge is -2.32. The summed E-state index contributed by atoms with van der Waals surface area (Å²) in [5, 5.41) is 11.3. The van der Waals surface area contributed by atoms with E-state index in [1.165, 1.54) is 24.4 Å². The zero-order valence-corrected chi connectivity index (χ0v) is 15.9. The molecule has 0 amide bonds. The third-order valence-electron chi connectivity index (χ3n) is 5.31. The van der Waals surface area contributed by atoms with Crippen molar-refractivity contribution in [3.63, 3.8) is 0 Å². The number of alkyl halides is 3. The number of aromatic nitrogens is 3. The Morgan fingerprint density at radius 1 is 1.24 bits per heavy atom. The van der Waals surface area contributed by atoms with Crippen LogP contribution in [-0.4, -0.2) is 45.8 Å². The minimum atomic E-state index is -4.60. The molecule has 3 heterocycles. The Labute approximate surface area is 165 Å². The fourth-order valence-corrected chi connectivity index (χ4v) is 3.80. The first-order valence-corrected chi connectivity index (χ1v) is 9.56. The molecule has 0 saturated carbocycles. The molecule has 29 heavy (non-hydrogen) atoms. The van der Waals surface area contributed by atoms with Gasteiger partial charge in [-0.15, -0.1) is 10.2 Å². The summed E-state index contributed by atoms with van der Waals surface area (Å²) in [5.41, 5.74) is -0.525. The standard InChI is InChI=1S/C20H21F4N5/c1-2-29-7-3-4-13(11-29)26-18-9-15(20(22,23)24)19(28-27-18)12-5-6-14-16(21)10-25-17(14)8-12/h5-6,8-10,13,25H,2-4,7,11H2,1H3,(H,26,27)/t13-/m1/s1. The highest BCUT2D eigenvalue weighted by Gasteiger charge is 2.36. The summed E-state index contributed by atoms with van der Waals surface area (Å²) in [4.78, 5) is 4.96. The van der Waals surface area contributed by atoms with Crippen LogP contribution in [0.2, 0.25) is 0 Å². The minimum absolute atomic E-state index is 0.0307. The quantitative estimate of drug-likeness (QED) is 0.617. The van der Waals surface area contributed by atoms with Gasteiger partial charge in [0.05, 0.1) is 5.56 Å². The first kappa shape index (κ1) is 19.6. The van der Waals surface area contributed by atoms with Gasteiger partial charge in [0, 0.05) is 35.2 Å². The first-order valence-electron chi connectivity index (χ1n) is 9.56. The molecular formula is C20H21F4N5. The normalized spacial score (nSPS) is 18.3. The van der Waals surface area contributed by atoms with Gasteiger partial charge in [0.15, 0.2) is 0 Å². The molecule has 1 aromatic carbocycles. The van der Waals surface area contributed by atoms with E-state index in [0.717, 1.165) is 38.5 Å². The van der Waals surface area contributed by atoms with Crippen molar-refractivity contribution in [3.8, 4) is 11.3 Å². The molecule has 9 heteroatoms. The van der Waals surface area contributed by atoms with Crippen LogP contribution in [0.1, 0.15) is 25.3 Å². The van der Waals surface area contributed by atoms with E-state index in [1.54, 1.807) is 0 Å². The van der Waals surface area contributed by atoms with E-state index in [9.17, 15) is 17.6 Å². The van der Waals surface area contributed by atoms with Gasteiger partial charge in [0.2, 0.25) is 0 Å². The molecule has 0 unspecified atom stereocenters. The van der Waals surface area contributed by atoms with Crippen LogP contribution in [-0.2, 0) is 6.18 Å². The summed E-state index contributed by atoms with van der Waals surface area (Å²) in [5.74, 6) is -0.349. The molecule has 4 rings (SSSR count). The Hall–Kier alpha value is -2.68. The van der Waals surface area contributed by atoms with E-state index < -0.39 is 17.6 Å². The second kappa shape index (κ2) is 7.62. The van der Waals surface area contributed by atoms with Crippen molar-refractivity contribution in [2.24, 2.45) is 0 Å². The zero-order chi connectivity index (χ0) is 20.6. The van der Waals surface area contributed by atoms with Gasteiger partial charge < -0.3 is 15.2 Å². The molecule has 154 valence electrons. The molecule has 1 atom stereocenters. The number of hydrogen-bond acceptors (Lipinski definition) is 4. The van der Waals surface area contributed by atoms with Crippen LogP contribution < -0.4 is 5.32 Å². The Bertz CT molecular complexity index is 1010. The summed E-state index contributed by atoms with van der Waals surface area (Å²) in [6.07, 6.45) is -1.58. The lowest BCUT2D eigenvalue weighted by Crippen LogP contribution is -2.42. The highest BCUT2D eigenvalue weighted by Crippen LogP contribution is 2.37. The molecular weight excluding hydrogens is 386 g/mol. The predicted octanol–water partition coefficient (Wildman–Crippen LogP) is 4.68. The Morgan fingerprint density at radius 2 is 2.07 bits per heavy atom. The van der Waals surface area contributed by atoms with E-state index in [1.807, 2.05) is 0 Å². The summed E-state index contributed by atoms with van der Waals surface area (Å²) in [6.45, 7) is 4.72. The van der Waals surface area contributed by atoms with E-state index >= 15 is 0 Å². The van der Waals surface area contributed by atoms with Gasteiger partial charge in [0.1, 0.15) is 17.3 Å². The Morgan fingerprint density at radius 3 is 2.83 bits per heavy atom. The van der Waals surface area contributed by atoms with Crippen LogP contribution >= 0.6 is 0 Å². The number of likely N-dealkylation sites (tertiary alicyclic amines) is 1. The van der Waals surface area contributed by atoms with Crippen molar-refractivity contribution >= 4 is 16.7 Å². The number of benzene rings is 1. The number of H-pyrrole nitrogens is 1. The lowest BCUT2D eigenvalue weighted by molar-refractivity contribution is -0.137. The first-order chi connectivity index (χ1) is 13.8. The third kappa shape index (κ3) is 4.05. The second-order valence-corrected chi connectivity index (χ2v) is 7.26. The number of rotatable bonds is 4. The molecule has 1 fully saturated rings. The molecule has 5 nitrogen and oxygen atoms in total. The van der Waals surface area contributed by atoms with Crippen LogP contribution in [0.3, 0.4) is 0 Å². The van der Waals surface area contributed by atoms with Gasteiger partial charge in [-0.25, -0.2) is 4.39 Å². The molecule has 0 aliphatic carbocycles. The molecule has 1 aliphatic heterocycles. The largest absolute Gasteiger partial charge is 0.418 e. The average molecular weight is 407 g/mol. The number of aromatic amines is 1. The summed E-state index contributed by atoms with van der Waals surface area (Å²) in [7, 11) is 0. The molecule has 1 aliphatic rings. The van der Waals surface area contributed by atoms with Gasteiger partial charge in [-0.2, -0.15) is 13.2 Å². The van der Waals surface area contributed by atoms with E-state index in [-0.39, 0.29) is 23.1 Å². The number of likely N-dealkylation sites (N-methyl/N-ethyl adjacent to an activating group) is 1. The van der Waals surface area contributed by atoms with Crippen LogP contribution in [0, 0.1) is 5.82 Å². The van der Waals surface area contributed by atoms with Gasteiger partial charge in [-0.05, 0) is 44.1 Å². The maximum atomic E-state index is 13.8. The second-order valence-electron chi connectivity index (χ2n) is 7.26. The highest BCUT2D eigenvalue weighted by atomic mass is 19.4. The Kier molecular flexibility index (Phi) is 5.16. The number of nitrogens with zero attached hydrogens (tertiary/aromatic N) is 3. The zero-order valence-electron chi connectivity index (χ0n) is 15.9. The van der Waals surface area contributed by atoms with Crippen molar-refractivity contribution in [1.29, 1.82) is 0 Å². The highest BCUT2D eigenvalue weighted by molar-refractivity contribution is 5.85. The molecule has 0 bridgehead atoms. The van der Waals surface area contributed by atoms with Crippen LogP contribution in [0.5, 0.6) is 0 Å². The number of piperidine rings is 1. The Balaban J connectivity index is 1.67. The molecule has 2 aromatic heterocycles. The van der Waals surface area contributed by atoms with Gasteiger partial charge in [-0.1, -0.05) is 13.0 Å². The maximum absolute atomic E-state index is 13.8. The smallest absolute Gasteiger partial charge is 0.365 e. The molecule has 0 radical (unpaired) electrons. The minimum Gasteiger partial charge on any atom is -0.365 e. The SMILES string of the molecule is CCN1CCC[C@@H](Nc2cc(C(F)(F)F)c(-c3ccc4c(F)c[nH]c4c3)nn2)C1. The fourth-order valence-electron chi connectivity index (χ4n) is 3.80. The van der Waals surface area contributed by atoms with Crippen LogP contribution in [0.25, 0.3) is 22.2 Å². The van der Waals surface area contributed by atoms with E-state index in [0.29, 0.717) is 10.9 Å². The van der Waals surface area contributed by atoms with Crippen molar-refractivity contribution in [3.05, 3.63) is 41.8 Å².